The van der Waals surface area contributed by atoms with E-state index in [9.17, 15) is 14.9 Å². The lowest BCUT2D eigenvalue weighted by atomic mass is 9.86. The summed E-state index contributed by atoms with van der Waals surface area (Å²) >= 11 is 0. The van der Waals surface area contributed by atoms with Crippen LogP contribution in [-0.2, 0) is 16.0 Å². The molecule has 1 saturated carbocycles. The Kier molecular flexibility index (Phi) is 5.03. The fourth-order valence-corrected chi connectivity index (χ4v) is 4.36. The first-order chi connectivity index (χ1) is 13.6. The SMILES string of the molecule is COCCCC(=O)c1cc2c(cn1)CC(=O)C(C#N)=C2N1CCC2(CC1)CC2. The maximum absolute atomic E-state index is 12.6. The van der Waals surface area contributed by atoms with Crippen molar-refractivity contribution in [3.05, 3.63) is 34.7 Å². The lowest BCUT2D eigenvalue weighted by Crippen LogP contribution is -2.36. The average molecular weight is 379 g/mol. The molecule has 1 aromatic rings. The van der Waals surface area contributed by atoms with E-state index in [1.54, 1.807) is 19.4 Å². The molecule has 1 aliphatic heterocycles. The van der Waals surface area contributed by atoms with E-state index in [4.69, 9.17) is 4.74 Å². The molecule has 146 valence electrons. The Morgan fingerprint density at radius 2 is 2.07 bits per heavy atom. The fraction of sp³-hybridized carbons (Fsp3) is 0.545. The summed E-state index contributed by atoms with van der Waals surface area (Å²) in [5.41, 5.74) is 3.47. The molecule has 0 N–H and O–H groups in total. The number of fused-ring (bicyclic) bond motifs is 1. The number of rotatable bonds is 6. The molecular weight excluding hydrogens is 354 g/mol. The summed E-state index contributed by atoms with van der Waals surface area (Å²) in [4.78, 5) is 31.6. The molecule has 1 spiro atoms. The summed E-state index contributed by atoms with van der Waals surface area (Å²) in [6, 6.07) is 3.92. The monoisotopic (exact) mass is 379 g/mol. The van der Waals surface area contributed by atoms with Crippen molar-refractivity contribution in [3.63, 3.8) is 0 Å². The van der Waals surface area contributed by atoms with E-state index in [2.05, 4.69) is 16.0 Å². The summed E-state index contributed by atoms with van der Waals surface area (Å²) in [6.45, 7) is 2.24. The topological polar surface area (TPSA) is 83.3 Å². The van der Waals surface area contributed by atoms with Gasteiger partial charge >= 0.3 is 0 Å². The van der Waals surface area contributed by atoms with Crippen LogP contribution in [0.15, 0.2) is 17.8 Å². The maximum Gasteiger partial charge on any atom is 0.181 e. The third kappa shape index (κ3) is 3.47. The van der Waals surface area contributed by atoms with Crippen LogP contribution < -0.4 is 0 Å². The van der Waals surface area contributed by atoms with E-state index in [0.717, 1.165) is 37.1 Å². The molecule has 6 heteroatoms. The molecule has 0 aromatic carbocycles. The number of nitriles is 1. The molecule has 0 bridgehead atoms. The van der Waals surface area contributed by atoms with Crippen molar-refractivity contribution in [2.24, 2.45) is 5.41 Å². The number of Topliss-reactive ketones (excluding diaryl/α,β-unsaturated/α-hetero) is 2. The molecule has 2 aliphatic carbocycles. The van der Waals surface area contributed by atoms with E-state index < -0.39 is 0 Å². The molecule has 0 unspecified atom stereocenters. The van der Waals surface area contributed by atoms with E-state index in [-0.39, 0.29) is 23.6 Å². The zero-order valence-electron chi connectivity index (χ0n) is 16.3. The summed E-state index contributed by atoms with van der Waals surface area (Å²) in [7, 11) is 1.61. The van der Waals surface area contributed by atoms with Crippen molar-refractivity contribution in [3.8, 4) is 6.07 Å². The van der Waals surface area contributed by atoms with Gasteiger partial charge in [-0.2, -0.15) is 5.26 Å². The zero-order chi connectivity index (χ0) is 19.7. The molecule has 28 heavy (non-hydrogen) atoms. The van der Waals surface area contributed by atoms with Gasteiger partial charge in [0.15, 0.2) is 11.6 Å². The molecule has 2 fully saturated rings. The number of carbonyl (C=O) groups is 2. The van der Waals surface area contributed by atoms with Crippen LogP contribution >= 0.6 is 0 Å². The largest absolute Gasteiger partial charge is 0.385 e. The number of ether oxygens (including phenoxy) is 1. The Morgan fingerprint density at radius 3 is 2.71 bits per heavy atom. The van der Waals surface area contributed by atoms with Crippen LogP contribution in [0, 0.1) is 16.7 Å². The van der Waals surface area contributed by atoms with Gasteiger partial charge in [0.2, 0.25) is 0 Å². The van der Waals surface area contributed by atoms with Gasteiger partial charge in [0.05, 0.1) is 5.70 Å². The number of pyridine rings is 1. The quantitative estimate of drug-likeness (QED) is 0.558. The van der Waals surface area contributed by atoms with Crippen LogP contribution in [0.4, 0.5) is 0 Å². The zero-order valence-corrected chi connectivity index (χ0v) is 16.3. The van der Waals surface area contributed by atoms with Crippen molar-refractivity contribution in [1.82, 2.24) is 9.88 Å². The highest BCUT2D eigenvalue weighted by molar-refractivity contribution is 6.10. The van der Waals surface area contributed by atoms with Gasteiger partial charge in [-0.15, -0.1) is 0 Å². The van der Waals surface area contributed by atoms with Crippen molar-refractivity contribution in [2.45, 2.75) is 44.9 Å². The van der Waals surface area contributed by atoms with Crippen LogP contribution in [0.25, 0.3) is 5.70 Å². The number of piperidine rings is 1. The minimum absolute atomic E-state index is 0.0369. The molecule has 6 nitrogen and oxygen atoms in total. The Hall–Kier alpha value is -2.52. The summed E-state index contributed by atoms with van der Waals surface area (Å²) in [6.07, 6.45) is 7.62. The fourth-order valence-electron chi connectivity index (χ4n) is 4.36. The Bertz CT molecular complexity index is 883. The second kappa shape index (κ2) is 7.48. The van der Waals surface area contributed by atoms with Crippen LogP contribution in [0.3, 0.4) is 0 Å². The predicted molar refractivity (Wildman–Crippen MR) is 103 cm³/mol. The Balaban J connectivity index is 1.66. The molecule has 4 rings (SSSR count). The lowest BCUT2D eigenvalue weighted by molar-refractivity contribution is -0.114. The molecule has 0 amide bonds. The highest BCUT2D eigenvalue weighted by Crippen LogP contribution is 2.54. The number of carbonyl (C=O) groups excluding carboxylic acids is 2. The average Bonchev–Trinajstić information content (AvgIpc) is 3.46. The first-order valence-electron chi connectivity index (χ1n) is 10.0. The number of aromatic nitrogens is 1. The third-order valence-electron chi connectivity index (χ3n) is 6.36. The summed E-state index contributed by atoms with van der Waals surface area (Å²) < 4.78 is 5.02. The number of likely N-dealkylation sites (tertiary alicyclic amines) is 1. The third-order valence-corrected chi connectivity index (χ3v) is 6.36. The van der Waals surface area contributed by atoms with Gasteiger partial charge in [-0.3, -0.25) is 14.6 Å². The van der Waals surface area contributed by atoms with E-state index >= 15 is 0 Å². The molecular formula is C22H25N3O3. The Morgan fingerprint density at radius 1 is 1.32 bits per heavy atom. The highest BCUT2D eigenvalue weighted by atomic mass is 16.5. The van der Waals surface area contributed by atoms with Crippen LogP contribution in [0.1, 0.15) is 60.1 Å². The van der Waals surface area contributed by atoms with Crippen LogP contribution in [0.5, 0.6) is 0 Å². The van der Waals surface area contributed by atoms with Crippen molar-refractivity contribution in [1.29, 1.82) is 5.26 Å². The standard InChI is InChI=1S/C22H25N3O3/c1-28-10-2-3-19(26)18-12-16-15(14-24-18)11-20(27)17(13-23)21(16)25-8-6-22(4-5-22)7-9-25/h12,14H,2-11H2,1H3. The normalized spacial score (nSPS) is 20.1. The van der Waals surface area contributed by atoms with Crippen LogP contribution in [0.2, 0.25) is 0 Å². The number of nitrogens with zero attached hydrogens (tertiary/aromatic N) is 3. The van der Waals surface area contributed by atoms with Gasteiger partial charge in [0.1, 0.15) is 17.3 Å². The van der Waals surface area contributed by atoms with Gasteiger partial charge < -0.3 is 9.64 Å². The van der Waals surface area contributed by atoms with Gasteiger partial charge in [-0.1, -0.05) is 0 Å². The predicted octanol–water partition coefficient (Wildman–Crippen LogP) is 2.93. The first-order valence-corrected chi connectivity index (χ1v) is 10.0. The molecule has 0 radical (unpaired) electrons. The van der Waals surface area contributed by atoms with Crippen molar-refractivity contribution in [2.75, 3.05) is 26.8 Å². The number of methoxy groups -OCH3 is 1. The first kappa shape index (κ1) is 18.8. The van der Waals surface area contributed by atoms with Crippen molar-refractivity contribution < 1.29 is 14.3 Å². The smallest absolute Gasteiger partial charge is 0.181 e. The van der Waals surface area contributed by atoms with Gasteiger partial charge in [0, 0.05) is 51.4 Å². The molecule has 1 saturated heterocycles. The van der Waals surface area contributed by atoms with Gasteiger partial charge in [-0.25, -0.2) is 0 Å². The second-order valence-corrected chi connectivity index (χ2v) is 8.17. The van der Waals surface area contributed by atoms with E-state index in [0.29, 0.717) is 36.3 Å². The summed E-state index contributed by atoms with van der Waals surface area (Å²) in [5, 5.41) is 9.67. The molecule has 0 atom stereocenters. The minimum Gasteiger partial charge on any atom is -0.385 e. The Labute approximate surface area is 165 Å². The number of allylic oxidation sites excluding steroid dienone is 1. The van der Waals surface area contributed by atoms with Crippen LogP contribution in [-0.4, -0.2) is 48.3 Å². The molecule has 1 aromatic heterocycles. The number of hydrogen-bond donors (Lipinski definition) is 0. The van der Waals surface area contributed by atoms with Crippen molar-refractivity contribution >= 4 is 17.3 Å². The van der Waals surface area contributed by atoms with Gasteiger partial charge in [-0.05, 0) is 49.1 Å². The number of ketones is 2. The van der Waals surface area contributed by atoms with E-state index in [1.807, 2.05) is 0 Å². The van der Waals surface area contributed by atoms with Gasteiger partial charge in [0.25, 0.3) is 0 Å². The summed E-state index contributed by atoms with van der Waals surface area (Å²) in [5.74, 6) is -0.192. The minimum atomic E-state index is -0.155. The van der Waals surface area contributed by atoms with E-state index in [1.165, 1.54) is 12.8 Å². The molecule has 3 aliphatic rings. The molecule has 2 heterocycles. The highest BCUT2D eigenvalue weighted by Gasteiger charge is 2.45. The lowest BCUT2D eigenvalue weighted by Gasteiger charge is -2.37. The second-order valence-electron chi connectivity index (χ2n) is 8.17. The maximum atomic E-state index is 12.6. The number of hydrogen-bond acceptors (Lipinski definition) is 6.